The van der Waals surface area contributed by atoms with Crippen molar-refractivity contribution in [2.24, 2.45) is 0 Å². The van der Waals surface area contributed by atoms with Crippen LogP contribution in [0.25, 0.3) is 11.5 Å². The second-order valence-electron chi connectivity index (χ2n) is 3.50. The predicted molar refractivity (Wildman–Crippen MR) is 63.8 cm³/mol. The molecule has 2 aromatic heterocycles. The highest BCUT2D eigenvalue weighted by atomic mass is 16.5. The van der Waals surface area contributed by atoms with Crippen LogP contribution >= 0.6 is 0 Å². The molecule has 0 fully saturated rings. The van der Waals surface area contributed by atoms with Gasteiger partial charge in [-0.25, -0.2) is 19.7 Å². The molecule has 0 unspecified atom stereocenters. The maximum atomic E-state index is 11.6. The highest BCUT2D eigenvalue weighted by molar-refractivity contribution is 5.90. The maximum Gasteiger partial charge on any atom is 0.341 e. The number of rotatable bonds is 3. The van der Waals surface area contributed by atoms with Crippen molar-refractivity contribution in [2.45, 2.75) is 13.8 Å². The second-order valence-corrected chi connectivity index (χ2v) is 3.50. The third-order valence-corrected chi connectivity index (χ3v) is 2.27. The summed E-state index contributed by atoms with van der Waals surface area (Å²) in [5, 5.41) is 0. The van der Waals surface area contributed by atoms with E-state index in [1.54, 1.807) is 32.4 Å². The van der Waals surface area contributed by atoms with Gasteiger partial charge in [-0.05, 0) is 13.8 Å². The zero-order valence-corrected chi connectivity index (χ0v) is 10.1. The van der Waals surface area contributed by atoms with Crippen LogP contribution in [0.3, 0.4) is 0 Å². The molecular formula is C12H12N4O2. The van der Waals surface area contributed by atoms with Gasteiger partial charge in [-0.15, -0.1) is 0 Å². The standard InChI is InChI=1S/C12H12N4O2/c1-3-18-12(17)9-6-15-11(16-8(9)2)10-7-13-4-5-14-10/h4-7H,3H2,1-2H3. The first kappa shape index (κ1) is 12.1. The zero-order valence-electron chi connectivity index (χ0n) is 10.1. The molecule has 2 rings (SSSR count). The molecule has 2 aromatic rings. The third kappa shape index (κ3) is 2.48. The van der Waals surface area contributed by atoms with Gasteiger partial charge in [-0.3, -0.25) is 4.98 Å². The number of aromatic nitrogens is 4. The smallest absolute Gasteiger partial charge is 0.341 e. The highest BCUT2D eigenvalue weighted by Crippen LogP contribution is 2.13. The van der Waals surface area contributed by atoms with E-state index in [1.165, 1.54) is 6.20 Å². The van der Waals surface area contributed by atoms with Crippen molar-refractivity contribution in [3.8, 4) is 11.5 Å². The minimum atomic E-state index is -0.416. The Morgan fingerprint density at radius 3 is 2.72 bits per heavy atom. The van der Waals surface area contributed by atoms with Crippen molar-refractivity contribution < 1.29 is 9.53 Å². The number of hydrogen-bond donors (Lipinski definition) is 0. The minimum absolute atomic E-state index is 0.324. The average Bonchev–Trinajstić information content (AvgIpc) is 2.40. The van der Waals surface area contributed by atoms with Crippen LogP contribution in [0.15, 0.2) is 24.8 Å². The molecule has 0 aliphatic carbocycles. The van der Waals surface area contributed by atoms with Crippen LogP contribution in [0.2, 0.25) is 0 Å². The summed E-state index contributed by atoms with van der Waals surface area (Å²) in [6, 6.07) is 0. The third-order valence-electron chi connectivity index (χ3n) is 2.27. The topological polar surface area (TPSA) is 77.9 Å². The van der Waals surface area contributed by atoms with E-state index in [9.17, 15) is 4.79 Å². The number of ether oxygens (including phenoxy) is 1. The van der Waals surface area contributed by atoms with Gasteiger partial charge >= 0.3 is 5.97 Å². The van der Waals surface area contributed by atoms with Crippen molar-refractivity contribution >= 4 is 5.97 Å². The zero-order chi connectivity index (χ0) is 13.0. The Kier molecular flexibility index (Phi) is 3.57. The molecule has 0 radical (unpaired) electrons. The van der Waals surface area contributed by atoms with E-state index in [0.29, 0.717) is 29.4 Å². The molecule has 0 aliphatic heterocycles. The Bertz CT molecular complexity index is 557. The molecule has 0 saturated carbocycles. The lowest BCUT2D eigenvalue weighted by molar-refractivity contribution is 0.0524. The summed E-state index contributed by atoms with van der Waals surface area (Å²) < 4.78 is 4.91. The second kappa shape index (κ2) is 5.31. The summed E-state index contributed by atoms with van der Waals surface area (Å²) in [7, 11) is 0. The largest absolute Gasteiger partial charge is 0.462 e. The molecule has 0 bridgehead atoms. The summed E-state index contributed by atoms with van der Waals surface area (Å²) in [6.07, 6.45) is 6.15. The highest BCUT2D eigenvalue weighted by Gasteiger charge is 2.13. The lowest BCUT2D eigenvalue weighted by atomic mass is 10.2. The first-order valence-electron chi connectivity index (χ1n) is 5.49. The van der Waals surface area contributed by atoms with Gasteiger partial charge in [-0.1, -0.05) is 0 Å². The van der Waals surface area contributed by atoms with Gasteiger partial charge in [0.25, 0.3) is 0 Å². The SMILES string of the molecule is CCOC(=O)c1cnc(-c2cnccn2)nc1C. The molecule has 6 nitrogen and oxygen atoms in total. The van der Waals surface area contributed by atoms with Gasteiger partial charge in [0.15, 0.2) is 5.82 Å². The Morgan fingerprint density at radius 2 is 2.11 bits per heavy atom. The van der Waals surface area contributed by atoms with E-state index in [-0.39, 0.29) is 0 Å². The Morgan fingerprint density at radius 1 is 1.28 bits per heavy atom. The Balaban J connectivity index is 2.34. The molecule has 6 heteroatoms. The molecule has 0 spiro atoms. The van der Waals surface area contributed by atoms with Crippen LogP contribution in [0.5, 0.6) is 0 Å². The molecule has 2 heterocycles. The van der Waals surface area contributed by atoms with Crippen LogP contribution in [0.1, 0.15) is 23.0 Å². The van der Waals surface area contributed by atoms with E-state index >= 15 is 0 Å². The van der Waals surface area contributed by atoms with Gasteiger partial charge in [0.2, 0.25) is 0 Å². The summed E-state index contributed by atoms with van der Waals surface area (Å²) >= 11 is 0. The summed E-state index contributed by atoms with van der Waals surface area (Å²) in [5.74, 6) is 0.0225. The van der Waals surface area contributed by atoms with Crippen LogP contribution < -0.4 is 0 Å². The molecule has 0 atom stereocenters. The summed E-state index contributed by atoms with van der Waals surface area (Å²) in [4.78, 5) is 28.0. The van der Waals surface area contributed by atoms with Crippen LogP contribution in [-0.2, 0) is 4.74 Å². The molecule has 0 N–H and O–H groups in total. The Hall–Kier alpha value is -2.37. The maximum absolute atomic E-state index is 11.6. The fourth-order valence-electron chi connectivity index (χ4n) is 1.41. The van der Waals surface area contributed by atoms with Gasteiger partial charge in [0.05, 0.1) is 24.1 Å². The van der Waals surface area contributed by atoms with Gasteiger partial charge in [-0.2, -0.15) is 0 Å². The molecule has 92 valence electrons. The van der Waals surface area contributed by atoms with Crippen LogP contribution in [0, 0.1) is 6.92 Å². The molecule has 0 aromatic carbocycles. The number of hydrogen-bond acceptors (Lipinski definition) is 6. The quantitative estimate of drug-likeness (QED) is 0.760. The minimum Gasteiger partial charge on any atom is -0.462 e. The first-order chi connectivity index (χ1) is 8.72. The van der Waals surface area contributed by atoms with Gasteiger partial charge in [0.1, 0.15) is 5.69 Å². The van der Waals surface area contributed by atoms with Crippen molar-refractivity contribution in [3.05, 3.63) is 36.0 Å². The van der Waals surface area contributed by atoms with E-state index in [4.69, 9.17) is 4.74 Å². The fraction of sp³-hybridized carbons (Fsp3) is 0.250. The number of carbonyl (C=O) groups is 1. The lowest BCUT2D eigenvalue weighted by Crippen LogP contribution is -2.09. The summed E-state index contributed by atoms with van der Waals surface area (Å²) in [6.45, 7) is 3.81. The number of carbonyl (C=O) groups excluding carboxylic acids is 1. The molecular weight excluding hydrogens is 232 g/mol. The van der Waals surface area contributed by atoms with E-state index in [0.717, 1.165) is 0 Å². The van der Waals surface area contributed by atoms with E-state index in [2.05, 4.69) is 19.9 Å². The number of aryl methyl sites for hydroxylation is 1. The average molecular weight is 244 g/mol. The van der Waals surface area contributed by atoms with E-state index < -0.39 is 5.97 Å². The monoisotopic (exact) mass is 244 g/mol. The molecule has 0 aliphatic rings. The van der Waals surface area contributed by atoms with Gasteiger partial charge < -0.3 is 4.74 Å². The first-order valence-corrected chi connectivity index (χ1v) is 5.49. The summed E-state index contributed by atoms with van der Waals surface area (Å²) in [5.41, 5.74) is 1.49. The molecule has 0 saturated heterocycles. The number of nitrogens with zero attached hydrogens (tertiary/aromatic N) is 4. The van der Waals surface area contributed by atoms with Crippen molar-refractivity contribution in [1.29, 1.82) is 0 Å². The fourth-order valence-corrected chi connectivity index (χ4v) is 1.41. The van der Waals surface area contributed by atoms with Crippen molar-refractivity contribution in [1.82, 2.24) is 19.9 Å². The Labute approximate surface area is 104 Å². The van der Waals surface area contributed by atoms with E-state index in [1.807, 2.05) is 0 Å². The molecule has 0 amide bonds. The normalized spacial score (nSPS) is 10.1. The molecule has 18 heavy (non-hydrogen) atoms. The van der Waals surface area contributed by atoms with Crippen molar-refractivity contribution in [2.75, 3.05) is 6.61 Å². The van der Waals surface area contributed by atoms with Crippen LogP contribution in [0.4, 0.5) is 0 Å². The number of esters is 1. The predicted octanol–water partition coefficient (Wildman–Crippen LogP) is 1.42. The van der Waals surface area contributed by atoms with Crippen LogP contribution in [-0.4, -0.2) is 32.5 Å². The van der Waals surface area contributed by atoms with Gasteiger partial charge in [0, 0.05) is 18.6 Å². The van der Waals surface area contributed by atoms with Crippen molar-refractivity contribution in [3.63, 3.8) is 0 Å². The lowest BCUT2D eigenvalue weighted by Gasteiger charge is -2.05.